The van der Waals surface area contributed by atoms with Crippen molar-refractivity contribution in [2.45, 2.75) is 157 Å². The molecule has 0 saturated heterocycles. The number of hydrogen-bond acceptors (Lipinski definition) is 8. The molecule has 0 radical (unpaired) electrons. The summed E-state index contributed by atoms with van der Waals surface area (Å²) in [5.41, 5.74) is 37.0. The maximum absolute atomic E-state index is 15.6. The van der Waals surface area contributed by atoms with Crippen LogP contribution < -0.4 is 9.47 Å². The SMILES string of the molecule is CC(C)(C)c1ccc(-c2c3nc(c(-c4ccc(C(C)(C)C)cc4)c4ccc([nH]4)c(-c4ccc(C(C)(C)C)cc4)c4nc(c(-c5ccc(C(=O)Oc6ccc7ccccc7c6-c6c(OC(=O)c7ccc(-c8c9nc(c(-c%10ccc(C(C)(C)C)cc%10)c%10ccc([nH]%10)c(-c%10ccc(C(C)(C)C)cc%10)c%10nc(c(-c%11ccc(C(C)(C)C)cc%11)c%11ccc8[nH]%11)C=C%10)C=C9)cc7)ccc7ccccc67)cc5)c5ccc2[nH]5)C=C4)C=C3)cc1. The van der Waals surface area contributed by atoms with Crippen molar-refractivity contribution in [2.75, 3.05) is 0 Å². The van der Waals surface area contributed by atoms with Gasteiger partial charge in [0.25, 0.3) is 0 Å². The molecule has 0 amide bonds. The molecule has 10 heterocycles. The largest absolute Gasteiger partial charge is 0.422 e. The molecule has 12 heteroatoms. The summed E-state index contributed by atoms with van der Waals surface area (Å²) in [6.45, 7) is 40.4. The van der Waals surface area contributed by atoms with Crippen molar-refractivity contribution < 1.29 is 19.1 Å². The molecule has 18 aromatic rings. The average molecular weight is 1900 g/mol. The Kier molecular flexibility index (Phi) is 23.4. The van der Waals surface area contributed by atoms with Crippen LogP contribution in [-0.4, -0.2) is 51.8 Å². The molecule has 0 spiro atoms. The van der Waals surface area contributed by atoms with Gasteiger partial charge in [-0.05, 0) is 265 Å². The fourth-order valence-electron chi connectivity index (χ4n) is 20.7. The number of aromatic nitrogens is 8. The second kappa shape index (κ2) is 36.3. The second-order valence-corrected chi connectivity index (χ2v) is 45.2. The third-order valence-electron chi connectivity index (χ3n) is 29.0. The van der Waals surface area contributed by atoms with Gasteiger partial charge in [0.1, 0.15) is 11.5 Å². The van der Waals surface area contributed by atoms with Gasteiger partial charge < -0.3 is 29.4 Å². The van der Waals surface area contributed by atoms with E-state index in [9.17, 15) is 0 Å². The van der Waals surface area contributed by atoms with Gasteiger partial charge in [0.2, 0.25) is 0 Å². The number of hydrogen-bond donors (Lipinski definition) is 4. The normalized spacial score (nSPS) is 12.8. The smallest absolute Gasteiger partial charge is 0.343 e. The topological polar surface area (TPSA) is 167 Å². The predicted octanol–water partition coefficient (Wildman–Crippen LogP) is 35.2. The Balaban J connectivity index is 0.648. The predicted molar refractivity (Wildman–Crippen MR) is 610 cm³/mol. The van der Waals surface area contributed by atoms with Gasteiger partial charge in [-0.25, -0.2) is 29.5 Å². The minimum absolute atomic E-state index is 0.0495. The van der Waals surface area contributed by atoms with Crippen LogP contribution in [0.3, 0.4) is 0 Å². The third-order valence-corrected chi connectivity index (χ3v) is 29.0. The van der Waals surface area contributed by atoms with Crippen molar-refractivity contribution in [3.05, 3.63) is 406 Å². The molecule has 0 fully saturated rings. The number of carbonyl (C=O) groups is 2. The van der Waals surface area contributed by atoms with Gasteiger partial charge in [-0.3, -0.25) is 0 Å². The average Bonchev–Trinajstić information content (AvgIpc) is 1.05. The first-order valence-electron chi connectivity index (χ1n) is 50.6. The van der Waals surface area contributed by atoms with Gasteiger partial charge in [0.15, 0.2) is 0 Å². The number of fused-ring (bicyclic) bond motifs is 18. The highest BCUT2D eigenvalue weighted by Gasteiger charge is 2.31. The molecular weight excluding hydrogens is 1790 g/mol. The molecule has 0 atom stereocenters. The lowest BCUT2D eigenvalue weighted by molar-refractivity contribution is 0.0723. The van der Waals surface area contributed by atoms with E-state index in [1.807, 2.05) is 121 Å². The maximum Gasteiger partial charge on any atom is 0.343 e. The maximum atomic E-state index is 15.6. The van der Waals surface area contributed by atoms with Crippen LogP contribution in [0.4, 0.5) is 0 Å². The summed E-state index contributed by atoms with van der Waals surface area (Å²) < 4.78 is 13.7. The number of esters is 2. The lowest BCUT2D eigenvalue weighted by Crippen LogP contribution is -2.11. The molecule has 0 saturated carbocycles. The van der Waals surface area contributed by atoms with Crippen LogP contribution in [0.25, 0.3) is 214 Å². The van der Waals surface area contributed by atoms with Crippen molar-refractivity contribution in [2.24, 2.45) is 0 Å². The number of H-pyrrole nitrogens is 4. The summed E-state index contributed by atoms with van der Waals surface area (Å²) in [4.78, 5) is 69.7. The van der Waals surface area contributed by atoms with E-state index in [4.69, 9.17) is 29.4 Å². The van der Waals surface area contributed by atoms with Gasteiger partial charge in [-0.2, -0.15) is 0 Å². The van der Waals surface area contributed by atoms with Crippen LogP contribution in [0, 0.1) is 0 Å². The number of ether oxygens (including phenoxy) is 2. The minimum Gasteiger partial charge on any atom is -0.422 e. The summed E-state index contributed by atoms with van der Waals surface area (Å²) >= 11 is 0. The zero-order chi connectivity index (χ0) is 101. The highest BCUT2D eigenvalue weighted by atomic mass is 16.5. The van der Waals surface area contributed by atoms with Crippen LogP contribution in [0.1, 0.15) is 224 Å². The number of aromatic amines is 4. The summed E-state index contributed by atoms with van der Waals surface area (Å²) in [5, 5.41) is 3.33. The highest BCUT2D eigenvalue weighted by Crippen LogP contribution is 2.50. The lowest BCUT2D eigenvalue weighted by Gasteiger charge is -2.19. The fourth-order valence-corrected chi connectivity index (χ4v) is 20.7. The molecule has 16 bridgehead atoms. The second-order valence-electron chi connectivity index (χ2n) is 45.2. The Morgan fingerprint density at radius 1 is 0.192 bits per heavy atom. The molecule has 6 aromatic heterocycles. The molecule has 718 valence electrons. The van der Waals surface area contributed by atoms with Crippen molar-refractivity contribution >= 4 is 126 Å². The molecule has 146 heavy (non-hydrogen) atoms. The summed E-state index contributed by atoms with van der Waals surface area (Å²) in [7, 11) is 0. The van der Waals surface area contributed by atoms with E-state index in [2.05, 4.69) is 387 Å². The van der Waals surface area contributed by atoms with Gasteiger partial charge in [-0.15, -0.1) is 0 Å². The standard InChI is InChI=1S/C134H118N8O4/c1-129(2,3)91-49-35-83(36-50-91)119-103-65-61-99(135-103)117(100-62-66-104(136-100)120(84-37-51-92(52-38-84)130(4,5)6)108-70-74-112(140-108)123(111-73-69-107(119)139-111)87-43-57-95(58-44-87)133(13,14)15)81-27-31-89(32-28-81)127(143)145-115-77-47-79-23-19-21-25-97(79)125(115)126-98-26-22-20-24-80(98)48-78-116(126)146-128(144)90-33-29-82(30-34-90)118-101-63-67-105(137-101)121(85-39-53-93(54-40-85)131(7,8)9)109-71-75-113(141-109)124(88-45-59-96(60-46-88)134(16,17)18)114-76-72-110(142-114)122(106-68-64-102(118)138-106)86-41-55-94(56-42-86)132(10,11)12/h19-78,135,137,140,142H,1-18H3. The van der Waals surface area contributed by atoms with Gasteiger partial charge in [0, 0.05) is 99.8 Å². The zero-order valence-corrected chi connectivity index (χ0v) is 86.1. The molecule has 0 unspecified atom stereocenters. The van der Waals surface area contributed by atoms with E-state index in [0.717, 1.165) is 200 Å². The third kappa shape index (κ3) is 18.1. The van der Waals surface area contributed by atoms with Crippen molar-refractivity contribution in [3.8, 4) is 112 Å². The van der Waals surface area contributed by atoms with Crippen molar-refractivity contribution in [1.82, 2.24) is 39.9 Å². The van der Waals surface area contributed by atoms with Crippen molar-refractivity contribution in [3.63, 3.8) is 0 Å². The van der Waals surface area contributed by atoms with E-state index in [0.29, 0.717) is 22.3 Å². The number of benzene rings is 12. The molecule has 12 nitrogen and oxygen atoms in total. The van der Waals surface area contributed by atoms with Gasteiger partial charge in [0.05, 0.1) is 56.7 Å². The van der Waals surface area contributed by atoms with E-state index in [-0.39, 0.29) is 44.0 Å². The van der Waals surface area contributed by atoms with Gasteiger partial charge in [-0.1, -0.05) is 355 Å². The first-order valence-corrected chi connectivity index (χ1v) is 50.6. The molecule has 22 rings (SSSR count). The van der Waals surface area contributed by atoms with Crippen LogP contribution in [-0.2, 0) is 32.5 Å². The fraction of sp³-hybridized carbons (Fsp3) is 0.179. The summed E-state index contributed by atoms with van der Waals surface area (Å²) in [6.07, 6.45) is 17.0. The Labute approximate surface area is 853 Å². The molecule has 4 aliphatic heterocycles. The first-order chi connectivity index (χ1) is 69.9. The number of rotatable bonds is 13. The molecule has 4 N–H and O–H groups in total. The molecule has 12 aromatic carbocycles. The number of carbonyl (C=O) groups excluding carboxylic acids is 2. The van der Waals surface area contributed by atoms with E-state index >= 15 is 9.59 Å². The van der Waals surface area contributed by atoms with E-state index in [1.54, 1.807) is 0 Å². The van der Waals surface area contributed by atoms with Crippen molar-refractivity contribution in [1.29, 1.82) is 0 Å². The summed E-state index contributed by atoms with van der Waals surface area (Å²) in [5.74, 6) is -0.642. The van der Waals surface area contributed by atoms with E-state index in [1.165, 1.54) is 33.4 Å². The van der Waals surface area contributed by atoms with Crippen LogP contribution in [0.2, 0.25) is 0 Å². The number of nitrogens with zero attached hydrogens (tertiary/aromatic N) is 4. The zero-order valence-electron chi connectivity index (χ0n) is 86.1. The van der Waals surface area contributed by atoms with Crippen LogP contribution >= 0.6 is 0 Å². The van der Waals surface area contributed by atoms with Crippen LogP contribution in [0.15, 0.2) is 315 Å². The Morgan fingerprint density at radius 3 is 0.541 bits per heavy atom. The monoisotopic (exact) mass is 1900 g/mol. The van der Waals surface area contributed by atoms with Crippen LogP contribution in [0.5, 0.6) is 11.5 Å². The quantitative estimate of drug-likeness (QED) is 0.0654. The van der Waals surface area contributed by atoms with E-state index < -0.39 is 11.9 Å². The Hall–Kier alpha value is -16.7. The Bertz CT molecular complexity index is 8210. The molecule has 0 aliphatic carbocycles. The molecular formula is C134H118N8O4. The van der Waals surface area contributed by atoms with Gasteiger partial charge >= 0.3 is 11.9 Å². The minimum atomic E-state index is -0.592. The Morgan fingerprint density at radius 2 is 0.363 bits per heavy atom. The number of nitrogens with one attached hydrogen (secondary N) is 4. The summed E-state index contributed by atoms with van der Waals surface area (Å²) in [6, 6.07) is 109. The molecule has 4 aliphatic rings. The highest BCUT2D eigenvalue weighted by molar-refractivity contribution is 6.13. The first kappa shape index (κ1) is 94.2. The lowest BCUT2D eigenvalue weighted by atomic mass is 9.86.